The number of ether oxygens (including phenoxy) is 1. The SMILES string of the molecule is COc1ccc(Cl)cc1-c1noc(C(C)(C)n2cc(Br)cn2)n1. The maximum atomic E-state index is 6.06. The minimum Gasteiger partial charge on any atom is -0.496 e. The average Bonchev–Trinajstić information content (AvgIpc) is 3.16. The minimum atomic E-state index is -0.594. The third-order valence-corrected chi connectivity index (χ3v) is 4.12. The van der Waals surface area contributed by atoms with Gasteiger partial charge >= 0.3 is 0 Å². The van der Waals surface area contributed by atoms with E-state index >= 15 is 0 Å². The van der Waals surface area contributed by atoms with Crippen LogP contribution in [0.25, 0.3) is 11.4 Å². The highest BCUT2D eigenvalue weighted by molar-refractivity contribution is 9.10. The second-order valence-corrected chi connectivity index (χ2v) is 6.78. The minimum absolute atomic E-state index is 0.415. The number of benzene rings is 1. The molecular weight excluding hydrogens is 384 g/mol. The number of methoxy groups -OCH3 is 1. The number of hydrogen-bond donors (Lipinski definition) is 0. The standard InChI is InChI=1S/C15H14BrClN4O2/c1-15(2,21-8-9(16)7-18-21)14-19-13(20-23-14)11-6-10(17)4-5-12(11)22-3/h4-8H,1-3H3. The fourth-order valence-corrected chi connectivity index (χ4v) is 2.60. The molecule has 0 atom stereocenters. The first-order valence-electron chi connectivity index (χ1n) is 6.80. The summed E-state index contributed by atoms with van der Waals surface area (Å²) in [5, 5.41) is 8.92. The van der Waals surface area contributed by atoms with E-state index in [-0.39, 0.29) is 0 Å². The van der Waals surface area contributed by atoms with Gasteiger partial charge in [-0.25, -0.2) is 0 Å². The van der Waals surface area contributed by atoms with Crippen molar-refractivity contribution in [1.29, 1.82) is 0 Å². The third kappa shape index (κ3) is 2.98. The second kappa shape index (κ2) is 5.98. The van der Waals surface area contributed by atoms with Gasteiger partial charge in [-0.3, -0.25) is 4.68 Å². The van der Waals surface area contributed by atoms with Crippen LogP contribution in [0, 0.1) is 0 Å². The molecule has 0 saturated carbocycles. The molecule has 0 aliphatic heterocycles. The zero-order chi connectivity index (χ0) is 16.6. The molecular formula is C15H14BrClN4O2. The van der Waals surface area contributed by atoms with Crippen LogP contribution in [0.5, 0.6) is 5.75 Å². The number of hydrogen-bond acceptors (Lipinski definition) is 5. The van der Waals surface area contributed by atoms with Gasteiger partial charge in [0.05, 0.1) is 23.3 Å². The molecule has 6 nitrogen and oxygen atoms in total. The number of rotatable bonds is 4. The average molecular weight is 398 g/mol. The van der Waals surface area contributed by atoms with Crippen molar-refractivity contribution in [2.45, 2.75) is 19.4 Å². The van der Waals surface area contributed by atoms with Gasteiger partial charge in [-0.1, -0.05) is 16.8 Å². The van der Waals surface area contributed by atoms with Crippen LogP contribution >= 0.6 is 27.5 Å². The van der Waals surface area contributed by atoms with Crippen LogP contribution in [0.15, 0.2) is 39.6 Å². The van der Waals surface area contributed by atoms with Crippen molar-refractivity contribution >= 4 is 27.5 Å². The van der Waals surface area contributed by atoms with Gasteiger partial charge in [0.2, 0.25) is 5.82 Å². The Morgan fingerprint density at radius 2 is 2.13 bits per heavy atom. The van der Waals surface area contributed by atoms with E-state index in [9.17, 15) is 0 Å². The molecule has 3 rings (SSSR count). The van der Waals surface area contributed by atoms with Gasteiger partial charge in [0.1, 0.15) is 11.3 Å². The third-order valence-electron chi connectivity index (χ3n) is 3.48. The fraction of sp³-hybridized carbons (Fsp3) is 0.267. The highest BCUT2D eigenvalue weighted by atomic mass is 79.9. The van der Waals surface area contributed by atoms with Gasteiger partial charge < -0.3 is 9.26 Å². The van der Waals surface area contributed by atoms with Crippen molar-refractivity contribution in [3.63, 3.8) is 0 Å². The predicted molar refractivity (Wildman–Crippen MR) is 89.6 cm³/mol. The van der Waals surface area contributed by atoms with Crippen LogP contribution in [0.3, 0.4) is 0 Å². The van der Waals surface area contributed by atoms with Crippen molar-refractivity contribution in [3.8, 4) is 17.1 Å². The lowest BCUT2D eigenvalue weighted by molar-refractivity contribution is 0.261. The summed E-state index contributed by atoms with van der Waals surface area (Å²) in [4.78, 5) is 4.49. The summed E-state index contributed by atoms with van der Waals surface area (Å²) in [5.74, 6) is 1.48. The molecule has 0 bridgehead atoms. The summed E-state index contributed by atoms with van der Waals surface area (Å²) in [6.07, 6.45) is 3.56. The first kappa shape index (κ1) is 16.0. The number of aromatic nitrogens is 4. The molecule has 0 saturated heterocycles. The van der Waals surface area contributed by atoms with E-state index in [1.54, 1.807) is 36.2 Å². The van der Waals surface area contributed by atoms with Crippen LogP contribution in [0.1, 0.15) is 19.7 Å². The molecule has 0 radical (unpaired) electrons. The Morgan fingerprint density at radius 3 is 2.78 bits per heavy atom. The molecule has 0 unspecified atom stereocenters. The van der Waals surface area contributed by atoms with E-state index in [0.717, 1.165) is 4.47 Å². The largest absolute Gasteiger partial charge is 0.496 e. The summed E-state index contributed by atoms with van der Waals surface area (Å²) in [7, 11) is 1.58. The topological polar surface area (TPSA) is 66.0 Å². The molecule has 3 aromatic rings. The van der Waals surface area contributed by atoms with Crippen molar-refractivity contribution in [2.24, 2.45) is 0 Å². The lowest BCUT2D eigenvalue weighted by Crippen LogP contribution is -2.28. The van der Waals surface area contributed by atoms with Crippen LogP contribution < -0.4 is 4.74 Å². The van der Waals surface area contributed by atoms with E-state index in [2.05, 4.69) is 31.2 Å². The lowest BCUT2D eigenvalue weighted by Gasteiger charge is -2.20. The summed E-state index contributed by atoms with van der Waals surface area (Å²) in [5.41, 5.74) is 0.0794. The molecule has 1 aromatic carbocycles. The molecule has 0 aliphatic carbocycles. The molecule has 2 aromatic heterocycles. The number of halogens is 2. The smallest absolute Gasteiger partial charge is 0.254 e. The van der Waals surface area contributed by atoms with Crippen LogP contribution in [0.4, 0.5) is 0 Å². The molecule has 23 heavy (non-hydrogen) atoms. The van der Waals surface area contributed by atoms with Crippen molar-refractivity contribution < 1.29 is 9.26 Å². The Balaban J connectivity index is 2.02. The Kier molecular flexibility index (Phi) is 4.16. The summed E-state index contributed by atoms with van der Waals surface area (Å²) >= 11 is 9.44. The Morgan fingerprint density at radius 1 is 1.35 bits per heavy atom. The summed E-state index contributed by atoms with van der Waals surface area (Å²) < 4.78 is 13.4. The van der Waals surface area contributed by atoms with Crippen molar-refractivity contribution in [2.75, 3.05) is 7.11 Å². The summed E-state index contributed by atoms with van der Waals surface area (Å²) in [6, 6.07) is 5.26. The molecule has 0 N–H and O–H groups in total. The van der Waals surface area contributed by atoms with E-state index < -0.39 is 5.54 Å². The summed E-state index contributed by atoms with van der Waals surface area (Å²) in [6.45, 7) is 3.89. The zero-order valence-electron chi connectivity index (χ0n) is 12.7. The van der Waals surface area contributed by atoms with E-state index in [1.807, 2.05) is 20.0 Å². The molecule has 0 spiro atoms. The van der Waals surface area contributed by atoms with Crippen LogP contribution in [0.2, 0.25) is 5.02 Å². The van der Waals surface area contributed by atoms with Gasteiger partial charge in [-0.2, -0.15) is 10.1 Å². The highest BCUT2D eigenvalue weighted by Gasteiger charge is 2.31. The van der Waals surface area contributed by atoms with Gasteiger partial charge in [-0.15, -0.1) is 0 Å². The zero-order valence-corrected chi connectivity index (χ0v) is 15.1. The maximum Gasteiger partial charge on any atom is 0.254 e. The molecule has 8 heteroatoms. The molecule has 0 fully saturated rings. The number of nitrogens with zero attached hydrogens (tertiary/aromatic N) is 4. The van der Waals surface area contributed by atoms with Crippen molar-refractivity contribution in [1.82, 2.24) is 19.9 Å². The predicted octanol–water partition coefficient (Wildman–Crippen LogP) is 4.14. The van der Waals surface area contributed by atoms with Crippen molar-refractivity contribution in [3.05, 3.63) is 46.0 Å². The maximum absolute atomic E-state index is 6.06. The van der Waals surface area contributed by atoms with Crippen LogP contribution in [-0.4, -0.2) is 27.0 Å². The van der Waals surface area contributed by atoms with E-state index in [1.165, 1.54) is 0 Å². The first-order valence-corrected chi connectivity index (χ1v) is 7.97. The molecule has 2 heterocycles. The van der Waals surface area contributed by atoms with E-state index in [0.29, 0.717) is 28.1 Å². The lowest BCUT2D eigenvalue weighted by atomic mass is 10.1. The van der Waals surface area contributed by atoms with Gasteiger partial charge in [0.25, 0.3) is 5.89 Å². The Bertz CT molecular complexity index is 844. The second-order valence-electron chi connectivity index (χ2n) is 5.43. The molecule has 120 valence electrons. The molecule has 0 amide bonds. The normalized spacial score (nSPS) is 11.7. The van der Waals surface area contributed by atoms with Gasteiger partial charge in [0, 0.05) is 11.2 Å². The van der Waals surface area contributed by atoms with Crippen LogP contribution in [-0.2, 0) is 5.54 Å². The first-order chi connectivity index (χ1) is 10.9. The Hall–Kier alpha value is -1.86. The van der Waals surface area contributed by atoms with E-state index in [4.69, 9.17) is 20.9 Å². The highest BCUT2D eigenvalue weighted by Crippen LogP contribution is 2.32. The Labute approximate surface area is 146 Å². The monoisotopic (exact) mass is 396 g/mol. The van der Waals surface area contributed by atoms with Gasteiger partial charge in [-0.05, 0) is 48.0 Å². The van der Waals surface area contributed by atoms with Gasteiger partial charge in [0.15, 0.2) is 0 Å². The molecule has 0 aliphatic rings. The quantitative estimate of drug-likeness (QED) is 0.662. The fourth-order valence-electron chi connectivity index (χ4n) is 2.14.